The first-order valence-electron chi connectivity index (χ1n) is 18.4. The van der Waals surface area contributed by atoms with Crippen molar-refractivity contribution < 1.29 is 4.42 Å². The highest BCUT2D eigenvalue weighted by Crippen LogP contribution is 2.42. The zero-order chi connectivity index (χ0) is 35.8. The molecule has 0 fully saturated rings. The van der Waals surface area contributed by atoms with Gasteiger partial charge in [-0.25, -0.2) is 0 Å². The monoisotopic (exact) mass is 689 g/mol. The molecule has 9 aromatic carbocycles. The number of fused-ring (bicyclic) bond motifs is 5. The van der Waals surface area contributed by atoms with Crippen molar-refractivity contribution in [3.8, 4) is 44.5 Å². The maximum atomic E-state index is 6.51. The number of rotatable bonds is 7. The molecule has 0 atom stereocenters. The standard InChI is InChI=1S/C52H35NO/c1-4-13-36(14-5-1)37-27-30-44(31-28-37)53(43-18-8-3-9-19-43)45-20-12-17-41(33-45)38-23-25-39(26-24-38)42-29-32-50-49(34-42)52-47-22-11-10-21-46(47)48(35-51(52)54-50)40-15-6-2-7-16-40/h1-35H. The average molecular weight is 690 g/mol. The van der Waals surface area contributed by atoms with Crippen molar-refractivity contribution in [3.05, 3.63) is 212 Å². The minimum atomic E-state index is 0.898. The predicted octanol–water partition coefficient (Wildman–Crippen LogP) is 14.9. The van der Waals surface area contributed by atoms with Crippen LogP contribution in [0.1, 0.15) is 0 Å². The predicted molar refractivity (Wildman–Crippen MR) is 228 cm³/mol. The third kappa shape index (κ3) is 5.71. The fourth-order valence-corrected chi connectivity index (χ4v) is 7.81. The molecule has 0 unspecified atom stereocenters. The SMILES string of the molecule is c1ccc(-c2ccc(N(c3ccccc3)c3cccc(-c4ccc(-c5ccc6oc7cc(-c8ccccc8)c8ccccc8c7c6c5)cc4)c3)cc2)cc1. The van der Waals surface area contributed by atoms with Crippen LogP contribution < -0.4 is 4.90 Å². The summed E-state index contributed by atoms with van der Waals surface area (Å²) >= 11 is 0. The molecule has 0 spiro atoms. The third-order valence-corrected chi connectivity index (χ3v) is 10.5. The Labute approximate surface area is 314 Å². The Morgan fingerprint density at radius 2 is 0.759 bits per heavy atom. The van der Waals surface area contributed by atoms with Gasteiger partial charge in [0.1, 0.15) is 11.2 Å². The van der Waals surface area contributed by atoms with Crippen LogP contribution in [0.3, 0.4) is 0 Å². The molecule has 2 heteroatoms. The van der Waals surface area contributed by atoms with Gasteiger partial charge in [-0.05, 0) is 110 Å². The van der Waals surface area contributed by atoms with E-state index in [2.05, 4.69) is 217 Å². The summed E-state index contributed by atoms with van der Waals surface area (Å²) in [6.45, 7) is 0. The minimum absolute atomic E-state index is 0.898. The van der Waals surface area contributed by atoms with E-state index in [4.69, 9.17) is 4.42 Å². The van der Waals surface area contributed by atoms with Crippen LogP contribution in [0.4, 0.5) is 17.1 Å². The van der Waals surface area contributed by atoms with Crippen LogP contribution >= 0.6 is 0 Å². The summed E-state index contributed by atoms with van der Waals surface area (Å²) in [5.41, 5.74) is 14.6. The fraction of sp³-hybridized carbons (Fsp3) is 0. The summed E-state index contributed by atoms with van der Waals surface area (Å²) < 4.78 is 6.51. The summed E-state index contributed by atoms with van der Waals surface area (Å²) in [6, 6.07) is 75.7. The van der Waals surface area contributed by atoms with Gasteiger partial charge < -0.3 is 9.32 Å². The van der Waals surface area contributed by atoms with Crippen LogP contribution in [0.15, 0.2) is 217 Å². The van der Waals surface area contributed by atoms with Gasteiger partial charge >= 0.3 is 0 Å². The highest BCUT2D eigenvalue weighted by atomic mass is 16.3. The molecule has 54 heavy (non-hydrogen) atoms. The summed E-state index contributed by atoms with van der Waals surface area (Å²) in [5.74, 6) is 0. The smallest absolute Gasteiger partial charge is 0.136 e. The third-order valence-electron chi connectivity index (χ3n) is 10.5. The first kappa shape index (κ1) is 31.6. The van der Waals surface area contributed by atoms with Crippen LogP contribution in [-0.2, 0) is 0 Å². The molecule has 2 nitrogen and oxygen atoms in total. The molecule has 254 valence electrons. The van der Waals surface area contributed by atoms with E-state index < -0.39 is 0 Å². The minimum Gasteiger partial charge on any atom is -0.456 e. The molecular formula is C52H35NO. The lowest BCUT2D eigenvalue weighted by Crippen LogP contribution is -2.09. The molecule has 0 N–H and O–H groups in total. The van der Waals surface area contributed by atoms with Gasteiger partial charge in [-0.3, -0.25) is 0 Å². The second-order valence-corrected chi connectivity index (χ2v) is 13.7. The summed E-state index contributed by atoms with van der Waals surface area (Å²) in [7, 11) is 0. The van der Waals surface area contributed by atoms with E-state index >= 15 is 0 Å². The molecule has 0 amide bonds. The second-order valence-electron chi connectivity index (χ2n) is 13.7. The van der Waals surface area contributed by atoms with Gasteiger partial charge in [-0.2, -0.15) is 0 Å². The molecule has 0 saturated carbocycles. The molecule has 0 bridgehead atoms. The molecule has 0 radical (unpaired) electrons. The molecule has 10 rings (SSSR count). The number of nitrogens with zero attached hydrogens (tertiary/aromatic N) is 1. The van der Waals surface area contributed by atoms with Crippen LogP contribution in [0, 0.1) is 0 Å². The van der Waals surface area contributed by atoms with Crippen molar-refractivity contribution in [3.63, 3.8) is 0 Å². The van der Waals surface area contributed by atoms with Crippen LogP contribution in [0.5, 0.6) is 0 Å². The van der Waals surface area contributed by atoms with E-state index in [1.807, 2.05) is 0 Å². The number of anilines is 3. The Kier molecular flexibility index (Phi) is 7.85. The molecule has 10 aromatic rings. The number of hydrogen-bond donors (Lipinski definition) is 0. The van der Waals surface area contributed by atoms with Crippen molar-refractivity contribution >= 4 is 49.8 Å². The van der Waals surface area contributed by atoms with Gasteiger partial charge in [-0.1, -0.05) is 158 Å². The maximum absolute atomic E-state index is 6.51. The van der Waals surface area contributed by atoms with Gasteiger partial charge in [-0.15, -0.1) is 0 Å². The summed E-state index contributed by atoms with van der Waals surface area (Å²) in [5, 5.41) is 4.73. The lowest BCUT2D eigenvalue weighted by Gasteiger charge is -2.26. The van der Waals surface area contributed by atoms with Crippen molar-refractivity contribution in [1.29, 1.82) is 0 Å². The number of hydrogen-bond acceptors (Lipinski definition) is 2. The van der Waals surface area contributed by atoms with Gasteiger partial charge in [0.05, 0.1) is 0 Å². The Hall–Kier alpha value is -7.16. The molecule has 0 aliphatic heterocycles. The maximum Gasteiger partial charge on any atom is 0.136 e. The second kappa shape index (κ2) is 13.4. The fourth-order valence-electron chi connectivity index (χ4n) is 7.81. The zero-order valence-corrected chi connectivity index (χ0v) is 29.6. The van der Waals surface area contributed by atoms with E-state index in [0.29, 0.717) is 0 Å². The Morgan fingerprint density at radius 1 is 0.278 bits per heavy atom. The largest absolute Gasteiger partial charge is 0.456 e. The topological polar surface area (TPSA) is 16.4 Å². The van der Waals surface area contributed by atoms with Crippen molar-refractivity contribution in [2.45, 2.75) is 0 Å². The normalized spacial score (nSPS) is 11.3. The van der Waals surface area contributed by atoms with Gasteiger partial charge in [0.15, 0.2) is 0 Å². The Bertz CT molecular complexity index is 2890. The zero-order valence-electron chi connectivity index (χ0n) is 29.6. The van der Waals surface area contributed by atoms with Gasteiger partial charge in [0.25, 0.3) is 0 Å². The highest BCUT2D eigenvalue weighted by Gasteiger charge is 2.17. The van der Waals surface area contributed by atoms with Crippen LogP contribution in [0.2, 0.25) is 0 Å². The van der Waals surface area contributed by atoms with Gasteiger partial charge in [0.2, 0.25) is 0 Å². The first-order chi connectivity index (χ1) is 26.8. The Balaban J connectivity index is 0.995. The molecule has 0 saturated heterocycles. The summed E-state index contributed by atoms with van der Waals surface area (Å²) in [4.78, 5) is 2.32. The molecule has 0 aliphatic rings. The first-order valence-corrected chi connectivity index (χ1v) is 18.4. The molecule has 1 heterocycles. The van der Waals surface area contributed by atoms with Crippen molar-refractivity contribution in [2.75, 3.05) is 4.90 Å². The highest BCUT2D eigenvalue weighted by molar-refractivity contribution is 6.22. The number of benzene rings is 9. The van der Waals surface area contributed by atoms with E-state index in [0.717, 1.165) is 50.1 Å². The van der Waals surface area contributed by atoms with E-state index in [1.54, 1.807) is 0 Å². The quantitative estimate of drug-likeness (QED) is 0.166. The Morgan fingerprint density at radius 3 is 1.46 bits per heavy atom. The lowest BCUT2D eigenvalue weighted by atomic mass is 9.94. The van der Waals surface area contributed by atoms with Gasteiger partial charge in [0, 0.05) is 27.8 Å². The van der Waals surface area contributed by atoms with E-state index in [9.17, 15) is 0 Å². The van der Waals surface area contributed by atoms with Crippen molar-refractivity contribution in [1.82, 2.24) is 0 Å². The number of para-hydroxylation sites is 1. The van der Waals surface area contributed by atoms with Crippen molar-refractivity contribution in [2.24, 2.45) is 0 Å². The number of furan rings is 1. The average Bonchev–Trinajstić information content (AvgIpc) is 3.63. The van der Waals surface area contributed by atoms with Crippen LogP contribution in [0.25, 0.3) is 77.2 Å². The molecular weight excluding hydrogens is 655 g/mol. The lowest BCUT2D eigenvalue weighted by molar-refractivity contribution is 0.669. The van der Waals surface area contributed by atoms with Crippen LogP contribution in [-0.4, -0.2) is 0 Å². The summed E-state index contributed by atoms with van der Waals surface area (Å²) in [6.07, 6.45) is 0. The molecule has 0 aliphatic carbocycles. The molecule has 1 aromatic heterocycles. The van der Waals surface area contributed by atoms with E-state index in [-0.39, 0.29) is 0 Å². The van der Waals surface area contributed by atoms with E-state index in [1.165, 1.54) is 44.2 Å².